The van der Waals surface area contributed by atoms with Gasteiger partial charge in [-0.15, -0.1) is 0 Å². The first-order chi connectivity index (χ1) is 12.8. The summed E-state index contributed by atoms with van der Waals surface area (Å²) in [7, 11) is 0. The molecule has 0 N–H and O–H groups in total. The Hall–Kier alpha value is -3.14. The maximum atomic E-state index is 11.0. The number of carbonyl (C=O) groups is 2. The maximum absolute atomic E-state index is 11.0. The first-order valence-electron chi connectivity index (χ1n) is 8.67. The van der Waals surface area contributed by atoms with Crippen LogP contribution < -0.4 is 9.47 Å². The third-order valence-corrected chi connectivity index (χ3v) is 2.60. The van der Waals surface area contributed by atoms with E-state index in [1.807, 2.05) is 12.1 Å². The molecule has 0 amide bonds. The first kappa shape index (κ1) is 23.9. The smallest absolute Gasteiger partial charge is 0.338 e. The minimum Gasteiger partial charge on any atom is -0.423 e. The van der Waals surface area contributed by atoms with Gasteiger partial charge in [0.05, 0.1) is 0 Å². The molecule has 0 aliphatic carbocycles. The number of para-hydroxylation sites is 2. The van der Waals surface area contributed by atoms with Crippen molar-refractivity contribution in [2.45, 2.75) is 34.1 Å². The maximum Gasteiger partial charge on any atom is 0.338 e. The summed E-state index contributed by atoms with van der Waals surface area (Å²) in [6, 6.07) is 17.8. The summed E-state index contributed by atoms with van der Waals surface area (Å²) in [6.07, 6.45) is 1.25. The molecule has 0 radical (unpaired) electrons. The molecule has 0 aromatic heterocycles. The predicted octanol–water partition coefficient (Wildman–Crippen LogP) is 5.75. The fourth-order valence-electron chi connectivity index (χ4n) is 1.37. The van der Waals surface area contributed by atoms with E-state index >= 15 is 0 Å². The molecule has 0 heterocycles. The fraction of sp³-hybridized carbons (Fsp3) is 0.217. The molecule has 0 unspecified atom stereocenters. The van der Waals surface area contributed by atoms with Crippen molar-refractivity contribution in [3.63, 3.8) is 0 Å². The second-order valence-electron chi connectivity index (χ2n) is 5.67. The van der Waals surface area contributed by atoms with Gasteiger partial charge in [-0.3, -0.25) is 0 Å². The summed E-state index contributed by atoms with van der Waals surface area (Å²) in [6.45, 7) is 14.4. The van der Waals surface area contributed by atoms with Crippen LogP contribution in [0.1, 0.15) is 34.1 Å². The van der Waals surface area contributed by atoms with Crippen molar-refractivity contribution < 1.29 is 19.1 Å². The Kier molecular flexibility index (Phi) is 12.4. The van der Waals surface area contributed by atoms with Gasteiger partial charge in [0.25, 0.3) is 0 Å². The van der Waals surface area contributed by atoms with Gasteiger partial charge in [-0.05, 0) is 38.1 Å². The normalized spacial score (nSPS) is 8.74. The molecule has 4 heteroatoms. The molecule has 4 nitrogen and oxygen atoms in total. The van der Waals surface area contributed by atoms with Crippen LogP contribution in [0, 0.1) is 0 Å². The summed E-state index contributed by atoms with van der Waals surface area (Å²) in [4.78, 5) is 22.0. The van der Waals surface area contributed by atoms with Crippen LogP contribution in [0.5, 0.6) is 11.5 Å². The summed E-state index contributed by atoms with van der Waals surface area (Å²) in [5.41, 5.74) is 0.803. The van der Waals surface area contributed by atoms with Crippen LogP contribution in [0.3, 0.4) is 0 Å². The van der Waals surface area contributed by atoms with Crippen molar-refractivity contribution >= 4 is 11.9 Å². The van der Waals surface area contributed by atoms with Gasteiger partial charge in [0.2, 0.25) is 0 Å². The summed E-state index contributed by atoms with van der Waals surface area (Å²) < 4.78 is 9.87. The van der Waals surface area contributed by atoms with Crippen molar-refractivity contribution in [2.24, 2.45) is 0 Å². The third-order valence-electron chi connectivity index (χ3n) is 2.60. The van der Waals surface area contributed by atoms with E-state index in [1.165, 1.54) is 6.42 Å². The largest absolute Gasteiger partial charge is 0.423 e. The Morgan fingerprint density at radius 3 is 1.19 bits per heavy atom. The van der Waals surface area contributed by atoms with E-state index in [0.717, 1.165) is 0 Å². The van der Waals surface area contributed by atoms with E-state index in [4.69, 9.17) is 9.47 Å². The van der Waals surface area contributed by atoms with E-state index in [-0.39, 0.29) is 11.9 Å². The zero-order valence-corrected chi connectivity index (χ0v) is 16.5. The Morgan fingerprint density at radius 2 is 0.963 bits per heavy atom. The quantitative estimate of drug-likeness (QED) is 0.391. The SMILES string of the molecule is C=C(C)C(=O)Oc1ccccc1.C=C(C)C(=O)Oc1ccccc1.CCC. The standard InChI is InChI=1S/2C10H10O2.C3H8/c2*1-8(2)10(11)12-9-6-4-3-5-7-9;1-3-2/h2*3-7H,1H2,2H3;3H2,1-2H3. The molecule has 0 fully saturated rings. The van der Waals surface area contributed by atoms with Crippen LogP contribution in [0.2, 0.25) is 0 Å². The number of benzene rings is 2. The van der Waals surface area contributed by atoms with Crippen molar-refractivity contribution in [3.05, 3.63) is 85.0 Å². The molecule has 0 saturated heterocycles. The fourth-order valence-corrected chi connectivity index (χ4v) is 1.37. The van der Waals surface area contributed by atoms with E-state index < -0.39 is 0 Å². The zero-order chi connectivity index (χ0) is 20.7. The van der Waals surface area contributed by atoms with Crippen LogP contribution >= 0.6 is 0 Å². The van der Waals surface area contributed by atoms with Gasteiger partial charge in [-0.1, -0.05) is 69.8 Å². The number of rotatable bonds is 4. The van der Waals surface area contributed by atoms with Crippen molar-refractivity contribution in [2.75, 3.05) is 0 Å². The lowest BCUT2D eigenvalue weighted by Crippen LogP contribution is -2.07. The minimum atomic E-state index is -0.388. The predicted molar refractivity (Wildman–Crippen MR) is 110 cm³/mol. The average Bonchev–Trinajstić information content (AvgIpc) is 2.64. The van der Waals surface area contributed by atoms with E-state index in [0.29, 0.717) is 22.6 Å². The highest BCUT2D eigenvalue weighted by Gasteiger charge is 2.04. The highest BCUT2D eigenvalue weighted by Crippen LogP contribution is 2.10. The molecule has 0 saturated carbocycles. The minimum absolute atomic E-state index is 0.388. The number of hydrogen-bond acceptors (Lipinski definition) is 4. The molecule has 0 bridgehead atoms. The molecule has 0 aliphatic rings. The number of carbonyl (C=O) groups excluding carboxylic acids is 2. The number of esters is 2. The highest BCUT2D eigenvalue weighted by molar-refractivity contribution is 5.89. The molecule has 0 atom stereocenters. The first-order valence-corrected chi connectivity index (χ1v) is 8.67. The van der Waals surface area contributed by atoms with Gasteiger partial charge in [0, 0.05) is 11.1 Å². The van der Waals surface area contributed by atoms with Gasteiger partial charge < -0.3 is 9.47 Å². The van der Waals surface area contributed by atoms with Crippen LogP contribution in [0.15, 0.2) is 85.0 Å². The monoisotopic (exact) mass is 368 g/mol. The van der Waals surface area contributed by atoms with Crippen LogP contribution in [0.25, 0.3) is 0 Å². The Balaban J connectivity index is 0.000000438. The lowest BCUT2D eigenvalue weighted by Gasteiger charge is -2.01. The lowest BCUT2D eigenvalue weighted by molar-refractivity contribution is -0.130. The molecule has 0 spiro atoms. The Morgan fingerprint density at radius 1 is 0.704 bits per heavy atom. The molecule has 2 aromatic rings. The Bertz CT molecular complexity index is 655. The van der Waals surface area contributed by atoms with Gasteiger partial charge in [-0.2, -0.15) is 0 Å². The van der Waals surface area contributed by atoms with Crippen LogP contribution in [-0.4, -0.2) is 11.9 Å². The van der Waals surface area contributed by atoms with Crippen LogP contribution in [-0.2, 0) is 9.59 Å². The number of hydrogen-bond donors (Lipinski definition) is 0. The molecule has 144 valence electrons. The molecule has 2 rings (SSSR count). The number of ether oxygens (including phenoxy) is 2. The van der Waals surface area contributed by atoms with Gasteiger partial charge in [0.1, 0.15) is 11.5 Å². The highest BCUT2D eigenvalue weighted by atomic mass is 16.5. The van der Waals surface area contributed by atoms with Crippen molar-refractivity contribution in [1.29, 1.82) is 0 Å². The van der Waals surface area contributed by atoms with E-state index in [2.05, 4.69) is 27.0 Å². The zero-order valence-electron chi connectivity index (χ0n) is 16.5. The average molecular weight is 368 g/mol. The van der Waals surface area contributed by atoms with Crippen molar-refractivity contribution in [3.8, 4) is 11.5 Å². The molecule has 27 heavy (non-hydrogen) atoms. The second kappa shape index (κ2) is 14.1. The molecule has 2 aromatic carbocycles. The summed E-state index contributed by atoms with van der Waals surface area (Å²) in [5, 5.41) is 0. The molecular formula is C23H28O4. The van der Waals surface area contributed by atoms with Gasteiger partial charge >= 0.3 is 11.9 Å². The van der Waals surface area contributed by atoms with Gasteiger partial charge in [-0.25, -0.2) is 9.59 Å². The lowest BCUT2D eigenvalue weighted by atomic mass is 10.3. The van der Waals surface area contributed by atoms with Crippen molar-refractivity contribution in [1.82, 2.24) is 0 Å². The second-order valence-corrected chi connectivity index (χ2v) is 5.67. The Labute approximate surface area is 162 Å². The molecular weight excluding hydrogens is 340 g/mol. The molecule has 0 aliphatic heterocycles. The third kappa shape index (κ3) is 11.9. The van der Waals surface area contributed by atoms with Gasteiger partial charge in [0.15, 0.2) is 0 Å². The van der Waals surface area contributed by atoms with Crippen LogP contribution in [0.4, 0.5) is 0 Å². The van der Waals surface area contributed by atoms with E-state index in [9.17, 15) is 9.59 Å². The summed E-state index contributed by atoms with van der Waals surface area (Å²) in [5.74, 6) is 0.318. The van der Waals surface area contributed by atoms with E-state index in [1.54, 1.807) is 62.4 Å². The topological polar surface area (TPSA) is 52.6 Å². The summed E-state index contributed by atoms with van der Waals surface area (Å²) >= 11 is 0.